The normalized spacial score (nSPS) is 16.5. The van der Waals surface area contributed by atoms with Gasteiger partial charge in [0.15, 0.2) is 0 Å². The monoisotopic (exact) mass is 356 g/mol. The summed E-state index contributed by atoms with van der Waals surface area (Å²) >= 11 is 3.24. The van der Waals surface area contributed by atoms with Gasteiger partial charge in [0.2, 0.25) is 0 Å². The summed E-state index contributed by atoms with van der Waals surface area (Å²) in [4.78, 5) is 26.6. The van der Waals surface area contributed by atoms with Gasteiger partial charge in [0, 0.05) is 30.7 Å². The molecule has 0 radical (unpaired) electrons. The van der Waals surface area contributed by atoms with Gasteiger partial charge in [-0.1, -0.05) is 15.9 Å². The largest absolute Gasteiger partial charge is 0.507 e. The van der Waals surface area contributed by atoms with E-state index in [1.54, 1.807) is 17.0 Å². The maximum atomic E-state index is 12.4. The van der Waals surface area contributed by atoms with E-state index in [0.717, 1.165) is 6.42 Å². The average Bonchev–Trinajstić information content (AvgIpc) is 2.63. The number of hydrogen-bond donors (Lipinski definition) is 2. The lowest BCUT2D eigenvalue weighted by Gasteiger charge is -2.21. The molecule has 1 amide bonds. The van der Waals surface area contributed by atoms with Crippen molar-refractivity contribution in [3.63, 3.8) is 0 Å². The van der Waals surface area contributed by atoms with Crippen LogP contribution in [-0.2, 0) is 4.79 Å². The number of rotatable bonds is 3. The van der Waals surface area contributed by atoms with Crippen LogP contribution >= 0.6 is 15.9 Å². The molecule has 1 aromatic carbocycles. The van der Waals surface area contributed by atoms with Crippen LogP contribution in [0.4, 0.5) is 0 Å². The van der Waals surface area contributed by atoms with Crippen molar-refractivity contribution in [1.29, 1.82) is 0 Å². The Kier molecular flexibility index (Phi) is 5.19. The second kappa shape index (κ2) is 6.91. The van der Waals surface area contributed by atoms with Crippen LogP contribution in [0.5, 0.6) is 5.75 Å². The Labute approximate surface area is 131 Å². The number of nitrogens with zero attached hydrogens (tertiary/aromatic N) is 2. The summed E-state index contributed by atoms with van der Waals surface area (Å²) in [5.74, 6) is -1.14. The molecular weight excluding hydrogens is 340 g/mol. The van der Waals surface area contributed by atoms with Crippen molar-refractivity contribution in [3.05, 3.63) is 28.2 Å². The Hall–Kier alpha value is -1.60. The number of aliphatic carboxylic acids is 1. The topological polar surface area (TPSA) is 81.1 Å². The molecule has 1 aliphatic heterocycles. The molecular formula is C14H17BrN2O4. The summed E-state index contributed by atoms with van der Waals surface area (Å²) in [6.45, 7) is 2.19. The van der Waals surface area contributed by atoms with Crippen LogP contribution in [0, 0.1) is 0 Å². The molecule has 0 aromatic heterocycles. The van der Waals surface area contributed by atoms with Crippen LogP contribution in [0.2, 0.25) is 0 Å². The SMILES string of the molecule is O=C(O)CN1CCCN(C(=O)c2ccc(Br)cc2O)CC1. The Morgan fingerprint density at radius 1 is 1.19 bits per heavy atom. The zero-order valence-electron chi connectivity index (χ0n) is 11.5. The second-order valence-corrected chi connectivity index (χ2v) is 5.89. The Balaban J connectivity index is 2.04. The molecule has 1 fully saturated rings. The number of halogens is 1. The molecule has 0 saturated carbocycles. The minimum atomic E-state index is -0.861. The number of carboxylic acid groups (broad SMARTS) is 1. The number of carboxylic acids is 1. The highest BCUT2D eigenvalue weighted by Gasteiger charge is 2.23. The van der Waals surface area contributed by atoms with E-state index in [0.29, 0.717) is 30.7 Å². The van der Waals surface area contributed by atoms with Gasteiger partial charge in [-0.15, -0.1) is 0 Å². The summed E-state index contributed by atoms with van der Waals surface area (Å²) < 4.78 is 0.708. The number of hydrogen-bond acceptors (Lipinski definition) is 4. The van der Waals surface area contributed by atoms with Crippen LogP contribution < -0.4 is 0 Å². The molecule has 0 atom stereocenters. The first-order valence-corrected chi connectivity index (χ1v) is 7.48. The molecule has 114 valence electrons. The van der Waals surface area contributed by atoms with Crippen molar-refractivity contribution in [1.82, 2.24) is 9.80 Å². The van der Waals surface area contributed by atoms with Gasteiger partial charge < -0.3 is 15.1 Å². The third kappa shape index (κ3) is 4.18. The number of carbonyl (C=O) groups excluding carboxylic acids is 1. The smallest absolute Gasteiger partial charge is 0.317 e. The van der Waals surface area contributed by atoms with Crippen LogP contribution in [0.25, 0.3) is 0 Å². The standard InChI is InChI=1S/C14H17BrN2O4/c15-10-2-3-11(12(18)8-10)14(21)17-5-1-4-16(6-7-17)9-13(19)20/h2-3,8,18H,1,4-7,9H2,(H,19,20). The van der Waals surface area contributed by atoms with Gasteiger partial charge in [-0.3, -0.25) is 14.5 Å². The number of benzene rings is 1. The lowest BCUT2D eigenvalue weighted by Crippen LogP contribution is -2.36. The fourth-order valence-electron chi connectivity index (χ4n) is 2.38. The molecule has 0 bridgehead atoms. The van der Waals surface area contributed by atoms with E-state index in [9.17, 15) is 14.7 Å². The fourth-order valence-corrected chi connectivity index (χ4v) is 2.73. The van der Waals surface area contributed by atoms with E-state index < -0.39 is 5.97 Å². The number of phenols is 1. The van der Waals surface area contributed by atoms with Crippen LogP contribution in [-0.4, -0.2) is 64.6 Å². The average molecular weight is 357 g/mol. The van der Waals surface area contributed by atoms with Crippen LogP contribution in [0.15, 0.2) is 22.7 Å². The van der Waals surface area contributed by atoms with Gasteiger partial charge in [-0.2, -0.15) is 0 Å². The third-order valence-electron chi connectivity index (χ3n) is 3.42. The van der Waals surface area contributed by atoms with Crippen LogP contribution in [0.1, 0.15) is 16.8 Å². The van der Waals surface area contributed by atoms with E-state index >= 15 is 0 Å². The van der Waals surface area contributed by atoms with Crippen molar-refractivity contribution >= 4 is 27.8 Å². The number of aromatic hydroxyl groups is 1. The molecule has 1 aromatic rings. The minimum absolute atomic E-state index is 0.00837. The molecule has 1 aliphatic rings. The first kappa shape index (κ1) is 15.8. The summed E-state index contributed by atoms with van der Waals surface area (Å²) in [6.07, 6.45) is 0.719. The predicted octanol–water partition coefficient (Wildman–Crippen LogP) is 1.39. The number of phenolic OH excluding ortho intramolecular Hbond substituents is 1. The molecule has 2 rings (SSSR count). The Morgan fingerprint density at radius 3 is 2.62 bits per heavy atom. The van der Waals surface area contributed by atoms with Crippen molar-refractivity contribution in [3.8, 4) is 5.75 Å². The first-order chi connectivity index (χ1) is 9.97. The molecule has 7 heteroatoms. The van der Waals surface area contributed by atoms with Crippen molar-refractivity contribution in [2.75, 3.05) is 32.7 Å². The van der Waals surface area contributed by atoms with E-state index in [-0.39, 0.29) is 23.8 Å². The van der Waals surface area contributed by atoms with Crippen molar-refractivity contribution < 1.29 is 19.8 Å². The highest BCUT2D eigenvalue weighted by Crippen LogP contribution is 2.24. The summed E-state index contributed by atoms with van der Waals surface area (Å²) in [5.41, 5.74) is 0.268. The van der Waals surface area contributed by atoms with E-state index in [1.807, 2.05) is 4.90 Å². The quantitative estimate of drug-likeness (QED) is 0.855. The van der Waals surface area contributed by atoms with Gasteiger partial charge in [0.1, 0.15) is 5.75 Å². The lowest BCUT2D eigenvalue weighted by molar-refractivity contribution is -0.138. The zero-order chi connectivity index (χ0) is 15.4. The van der Waals surface area contributed by atoms with Gasteiger partial charge in [-0.05, 0) is 24.6 Å². The van der Waals surface area contributed by atoms with E-state index in [4.69, 9.17) is 5.11 Å². The first-order valence-electron chi connectivity index (χ1n) is 6.69. The third-order valence-corrected chi connectivity index (χ3v) is 3.92. The summed E-state index contributed by atoms with van der Waals surface area (Å²) in [5, 5.41) is 18.7. The number of amides is 1. The second-order valence-electron chi connectivity index (χ2n) is 4.98. The molecule has 0 unspecified atom stereocenters. The Bertz CT molecular complexity index is 550. The Morgan fingerprint density at radius 2 is 1.95 bits per heavy atom. The lowest BCUT2D eigenvalue weighted by atomic mass is 10.1. The van der Waals surface area contributed by atoms with Crippen LogP contribution in [0.3, 0.4) is 0 Å². The number of carbonyl (C=O) groups is 2. The maximum absolute atomic E-state index is 12.4. The maximum Gasteiger partial charge on any atom is 0.317 e. The van der Waals surface area contributed by atoms with Gasteiger partial charge >= 0.3 is 5.97 Å². The summed E-state index contributed by atoms with van der Waals surface area (Å²) in [6, 6.07) is 4.78. The molecule has 1 saturated heterocycles. The minimum Gasteiger partial charge on any atom is -0.507 e. The highest BCUT2D eigenvalue weighted by atomic mass is 79.9. The highest BCUT2D eigenvalue weighted by molar-refractivity contribution is 9.10. The van der Waals surface area contributed by atoms with E-state index in [1.165, 1.54) is 6.07 Å². The predicted molar refractivity (Wildman–Crippen MR) is 80.4 cm³/mol. The van der Waals surface area contributed by atoms with Crippen molar-refractivity contribution in [2.24, 2.45) is 0 Å². The van der Waals surface area contributed by atoms with Gasteiger partial charge in [0.25, 0.3) is 5.91 Å². The van der Waals surface area contributed by atoms with Gasteiger partial charge in [-0.25, -0.2) is 0 Å². The molecule has 0 spiro atoms. The summed E-state index contributed by atoms with van der Waals surface area (Å²) in [7, 11) is 0. The zero-order valence-corrected chi connectivity index (χ0v) is 13.0. The molecule has 0 aliphatic carbocycles. The van der Waals surface area contributed by atoms with E-state index in [2.05, 4.69) is 15.9 Å². The molecule has 21 heavy (non-hydrogen) atoms. The molecule has 6 nitrogen and oxygen atoms in total. The van der Waals surface area contributed by atoms with Crippen molar-refractivity contribution in [2.45, 2.75) is 6.42 Å². The van der Waals surface area contributed by atoms with Gasteiger partial charge in [0.05, 0.1) is 12.1 Å². The fraction of sp³-hybridized carbons (Fsp3) is 0.429. The molecule has 1 heterocycles. The molecule has 2 N–H and O–H groups in total.